The molecule has 0 saturated carbocycles. The SMILES string of the molecule is CC1(C)OB(C(=Cc2ccc(O)c(N)c2)CNC(=O)OCc2ccccc2)OC1(C)C. The molecule has 0 radical (unpaired) electrons. The van der Waals surface area contributed by atoms with Crippen molar-refractivity contribution in [1.29, 1.82) is 0 Å². The summed E-state index contributed by atoms with van der Waals surface area (Å²) in [4.78, 5) is 12.2. The second-order valence-electron chi connectivity index (χ2n) is 8.54. The highest BCUT2D eigenvalue weighted by Crippen LogP contribution is 2.38. The number of benzene rings is 2. The fraction of sp³-hybridized carbons (Fsp3) is 0.348. The first-order valence-corrected chi connectivity index (χ1v) is 10.2. The predicted molar refractivity (Wildman–Crippen MR) is 121 cm³/mol. The van der Waals surface area contributed by atoms with Gasteiger partial charge in [0.15, 0.2) is 0 Å². The highest BCUT2D eigenvalue weighted by molar-refractivity contribution is 6.56. The Balaban J connectivity index is 1.73. The van der Waals surface area contributed by atoms with Crippen molar-refractivity contribution in [2.45, 2.75) is 45.5 Å². The molecule has 1 amide bonds. The molecule has 1 saturated heterocycles. The van der Waals surface area contributed by atoms with E-state index >= 15 is 0 Å². The number of alkyl carbamates (subject to hydrolysis) is 1. The number of ether oxygens (including phenoxy) is 1. The Morgan fingerprint density at radius 3 is 2.39 bits per heavy atom. The molecule has 0 spiro atoms. The third kappa shape index (κ3) is 5.59. The van der Waals surface area contributed by atoms with Crippen LogP contribution in [0.15, 0.2) is 54.0 Å². The summed E-state index contributed by atoms with van der Waals surface area (Å²) in [6.45, 7) is 8.19. The minimum atomic E-state index is -0.658. The van der Waals surface area contributed by atoms with Crippen molar-refractivity contribution in [3.63, 3.8) is 0 Å². The lowest BCUT2D eigenvalue weighted by molar-refractivity contribution is 0.00578. The summed E-state index contributed by atoms with van der Waals surface area (Å²) in [5.41, 5.74) is 7.37. The van der Waals surface area contributed by atoms with Crippen molar-refractivity contribution in [2.75, 3.05) is 12.3 Å². The molecule has 1 aliphatic rings. The normalized spacial score (nSPS) is 17.4. The molecule has 31 heavy (non-hydrogen) atoms. The Labute approximate surface area is 183 Å². The number of amides is 1. The zero-order valence-corrected chi connectivity index (χ0v) is 18.3. The van der Waals surface area contributed by atoms with Crippen LogP contribution in [0.5, 0.6) is 5.75 Å². The number of phenolic OH excluding ortho intramolecular Hbond substituents is 1. The van der Waals surface area contributed by atoms with E-state index in [1.165, 1.54) is 6.07 Å². The number of rotatable bonds is 6. The first-order valence-electron chi connectivity index (χ1n) is 10.2. The number of nitrogens with one attached hydrogen (secondary N) is 1. The average molecular weight is 424 g/mol. The molecule has 0 aliphatic carbocycles. The van der Waals surface area contributed by atoms with Crippen LogP contribution in [0, 0.1) is 0 Å². The lowest BCUT2D eigenvalue weighted by Gasteiger charge is -2.32. The second-order valence-corrected chi connectivity index (χ2v) is 8.54. The Bertz CT molecular complexity index is 944. The van der Waals surface area contributed by atoms with Gasteiger partial charge in [0.1, 0.15) is 12.4 Å². The van der Waals surface area contributed by atoms with Crippen LogP contribution in [-0.2, 0) is 20.7 Å². The summed E-state index contributed by atoms with van der Waals surface area (Å²) < 4.78 is 17.6. The largest absolute Gasteiger partial charge is 0.506 e. The van der Waals surface area contributed by atoms with Crippen molar-refractivity contribution in [3.8, 4) is 5.75 Å². The maximum Gasteiger partial charge on any atom is 0.492 e. The second kappa shape index (κ2) is 9.04. The molecular weight excluding hydrogens is 395 g/mol. The van der Waals surface area contributed by atoms with Crippen LogP contribution in [-0.4, -0.2) is 36.1 Å². The Hall–Kier alpha value is -2.97. The minimum absolute atomic E-state index is 0.0111. The zero-order valence-electron chi connectivity index (χ0n) is 18.3. The zero-order chi connectivity index (χ0) is 22.6. The van der Waals surface area contributed by atoms with E-state index in [1.807, 2.05) is 64.1 Å². The summed E-state index contributed by atoms with van der Waals surface area (Å²) in [5, 5.41) is 12.4. The van der Waals surface area contributed by atoms with E-state index in [-0.39, 0.29) is 24.6 Å². The first kappa shape index (κ1) is 22.7. The molecule has 3 rings (SSSR count). The standard InChI is InChI=1S/C23H29BN2O5/c1-22(2)23(3,4)31-24(30-22)18(12-17-10-11-20(27)19(25)13-17)14-26-21(28)29-15-16-8-6-5-7-9-16/h5-13,27H,14-15,25H2,1-4H3,(H,26,28). The fourth-order valence-corrected chi connectivity index (χ4v) is 3.02. The number of carbonyl (C=O) groups excluding carboxylic acids is 1. The van der Waals surface area contributed by atoms with E-state index in [1.54, 1.807) is 12.1 Å². The molecule has 0 aromatic heterocycles. The molecule has 2 aromatic carbocycles. The quantitative estimate of drug-likeness (QED) is 0.369. The lowest BCUT2D eigenvalue weighted by Crippen LogP contribution is -2.41. The minimum Gasteiger partial charge on any atom is -0.506 e. The maximum atomic E-state index is 12.2. The molecule has 1 heterocycles. The number of hydrogen-bond donors (Lipinski definition) is 3. The van der Waals surface area contributed by atoms with Gasteiger partial charge in [-0.3, -0.25) is 0 Å². The molecule has 0 bridgehead atoms. The smallest absolute Gasteiger partial charge is 0.492 e. The number of carbonyl (C=O) groups is 1. The molecule has 0 unspecified atom stereocenters. The van der Waals surface area contributed by atoms with Crippen molar-refractivity contribution < 1.29 is 23.9 Å². The van der Waals surface area contributed by atoms with Crippen molar-refractivity contribution >= 4 is 25.0 Å². The van der Waals surface area contributed by atoms with E-state index in [2.05, 4.69) is 5.32 Å². The van der Waals surface area contributed by atoms with Crippen molar-refractivity contribution in [1.82, 2.24) is 5.32 Å². The molecule has 1 fully saturated rings. The fourth-order valence-electron chi connectivity index (χ4n) is 3.02. The van der Waals surface area contributed by atoms with Gasteiger partial charge in [-0.1, -0.05) is 42.5 Å². The van der Waals surface area contributed by atoms with E-state index < -0.39 is 24.4 Å². The van der Waals surface area contributed by atoms with Gasteiger partial charge in [-0.25, -0.2) is 4.79 Å². The molecule has 2 aromatic rings. The van der Waals surface area contributed by atoms with E-state index in [0.29, 0.717) is 5.47 Å². The molecule has 0 atom stereocenters. The lowest BCUT2D eigenvalue weighted by atomic mass is 9.77. The van der Waals surface area contributed by atoms with Gasteiger partial charge in [0.25, 0.3) is 0 Å². The number of nitrogens with two attached hydrogens (primary N) is 1. The molecule has 7 nitrogen and oxygen atoms in total. The van der Waals surface area contributed by atoms with E-state index in [9.17, 15) is 9.90 Å². The molecule has 8 heteroatoms. The van der Waals surface area contributed by atoms with Gasteiger partial charge in [0.2, 0.25) is 0 Å². The highest BCUT2D eigenvalue weighted by Gasteiger charge is 2.52. The Morgan fingerprint density at radius 1 is 1.13 bits per heavy atom. The van der Waals surface area contributed by atoms with Crippen LogP contribution in [0.3, 0.4) is 0 Å². The summed E-state index contributed by atoms with van der Waals surface area (Å²) in [7, 11) is -0.658. The Kier molecular flexibility index (Phi) is 6.62. The van der Waals surface area contributed by atoms with Gasteiger partial charge < -0.3 is 30.2 Å². The van der Waals surface area contributed by atoms with Crippen LogP contribution in [0.25, 0.3) is 6.08 Å². The van der Waals surface area contributed by atoms with Gasteiger partial charge in [0, 0.05) is 6.54 Å². The predicted octanol–water partition coefficient (Wildman–Crippen LogP) is 3.92. The highest BCUT2D eigenvalue weighted by atomic mass is 16.7. The van der Waals surface area contributed by atoms with Gasteiger partial charge in [-0.05, 0) is 56.4 Å². The summed E-state index contributed by atoms with van der Waals surface area (Å²) in [6, 6.07) is 14.3. The molecule has 164 valence electrons. The third-order valence-corrected chi connectivity index (χ3v) is 5.61. The number of phenols is 1. The number of aromatic hydroxyl groups is 1. The monoisotopic (exact) mass is 424 g/mol. The van der Waals surface area contributed by atoms with Crippen molar-refractivity contribution in [2.24, 2.45) is 0 Å². The average Bonchev–Trinajstić information content (AvgIpc) is 2.94. The van der Waals surface area contributed by atoms with E-state index in [0.717, 1.165) is 11.1 Å². The van der Waals surface area contributed by atoms with Crippen LogP contribution < -0.4 is 11.1 Å². The van der Waals surface area contributed by atoms with Gasteiger partial charge >= 0.3 is 13.2 Å². The van der Waals surface area contributed by atoms with Crippen LogP contribution in [0.2, 0.25) is 0 Å². The van der Waals surface area contributed by atoms with Crippen LogP contribution in [0.1, 0.15) is 38.8 Å². The maximum absolute atomic E-state index is 12.2. The number of anilines is 1. The van der Waals surface area contributed by atoms with Gasteiger partial charge in [-0.2, -0.15) is 0 Å². The van der Waals surface area contributed by atoms with Crippen molar-refractivity contribution in [3.05, 3.63) is 65.1 Å². The number of hydrogen-bond acceptors (Lipinski definition) is 6. The van der Waals surface area contributed by atoms with E-state index in [4.69, 9.17) is 19.8 Å². The molecular formula is C23H29BN2O5. The summed E-state index contributed by atoms with van der Waals surface area (Å²) in [6.07, 6.45) is 1.28. The summed E-state index contributed by atoms with van der Waals surface area (Å²) >= 11 is 0. The van der Waals surface area contributed by atoms with Crippen LogP contribution >= 0.6 is 0 Å². The topological polar surface area (TPSA) is 103 Å². The molecule has 1 aliphatic heterocycles. The van der Waals surface area contributed by atoms with Gasteiger partial charge in [-0.15, -0.1) is 0 Å². The van der Waals surface area contributed by atoms with Crippen LogP contribution in [0.4, 0.5) is 10.5 Å². The third-order valence-electron chi connectivity index (χ3n) is 5.61. The Morgan fingerprint density at radius 2 is 1.77 bits per heavy atom. The number of nitrogen functional groups attached to an aromatic ring is 1. The molecule has 4 N–H and O–H groups in total. The first-order chi connectivity index (χ1) is 14.6. The summed E-state index contributed by atoms with van der Waals surface area (Å²) in [5.74, 6) is 0.0111. The van der Waals surface area contributed by atoms with Gasteiger partial charge in [0.05, 0.1) is 16.9 Å².